The fraction of sp³-hybridized carbons (Fsp3) is 0.286. The third kappa shape index (κ3) is 5.93. The number of rotatable bonds is 10. The molecule has 0 radical (unpaired) electrons. The third-order valence-corrected chi connectivity index (χ3v) is 3.81. The molecule has 0 bridgehead atoms. The predicted octanol–water partition coefficient (Wildman–Crippen LogP) is 3.27. The molecule has 5 heteroatoms. The second kappa shape index (κ2) is 10.3. The smallest absolute Gasteiger partial charge is 0.258 e. The maximum atomic E-state index is 12.1. The second-order valence-corrected chi connectivity index (χ2v) is 5.78. The van der Waals surface area contributed by atoms with Crippen LogP contribution in [0.3, 0.4) is 0 Å². The summed E-state index contributed by atoms with van der Waals surface area (Å²) < 4.78 is 16.0. The Labute approximate surface area is 154 Å². The summed E-state index contributed by atoms with van der Waals surface area (Å²) in [5.41, 5.74) is 3.04. The van der Waals surface area contributed by atoms with Gasteiger partial charge in [0.05, 0.1) is 13.7 Å². The SMILES string of the molecule is C=CCc1cc(COC)ccc1OCC(=O)NCc1ccc(OC)cc1. The van der Waals surface area contributed by atoms with Crippen LogP contribution in [0.1, 0.15) is 16.7 Å². The number of allylic oxidation sites excluding steroid dienone is 1. The fourth-order valence-corrected chi connectivity index (χ4v) is 2.48. The second-order valence-electron chi connectivity index (χ2n) is 5.78. The first-order valence-electron chi connectivity index (χ1n) is 8.40. The van der Waals surface area contributed by atoms with Gasteiger partial charge in [0.1, 0.15) is 11.5 Å². The first-order valence-corrected chi connectivity index (χ1v) is 8.40. The number of nitrogens with one attached hydrogen (secondary N) is 1. The number of hydrogen-bond acceptors (Lipinski definition) is 4. The Kier molecular flexibility index (Phi) is 7.71. The molecule has 5 nitrogen and oxygen atoms in total. The van der Waals surface area contributed by atoms with Crippen LogP contribution in [0.5, 0.6) is 11.5 Å². The summed E-state index contributed by atoms with van der Waals surface area (Å²) in [5, 5.41) is 2.84. The van der Waals surface area contributed by atoms with Crippen LogP contribution >= 0.6 is 0 Å². The van der Waals surface area contributed by atoms with E-state index in [9.17, 15) is 4.79 Å². The van der Waals surface area contributed by atoms with E-state index in [4.69, 9.17) is 14.2 Å². The van der Waals surface area contributed by atoms with Gasteiger partial charge in [-0.25, -0.2) is 0 Å². The van der Waals surface area contributed by atoms with Gasteiger partial charge in [0.15, 0.2) is 6.61 Å². The topological polar surface area (TPSA) is 56.8 Å². The van der Waals surface area contributed by atoms with Crippen LogP contribution in [0.25, 0.3) is 0 Å². The molecule has 0 atom stereocenters. The Morgan fingerprint density at radius 1 is 1.12 bits per heavy atom. The summed E-state index contributed by atoms with van der Waals surface area (Å²) in [6.45, 7) is 4.71. The van der Waals surface area contributed by atoms with Gasteiger partial charge in [0.2, 0.25) is 0 Å². The van der Waals surface area contributed by atoms with Crippen molar-refractivity contribution in [1.29, 1.82) is 0 Å². The minimum Gasteiger partial charge on any atom is -0.497 e. The molecule has 0 saturated heterocycles. The van der Waals surface area contributed by atoms with E-state index < -0.39 is 0 Å². The average molecular weight is 355 g/mol. The van der Waals surface area contributed by atoms with Crippen LogP contribution in [0.15, 0.2) is 55.1 Å². The number of benzene rings is 2. The molecule has 1 N–H and O–H groups in total. The average Bonchev–Trinajstić information content (AvgIpc) is 2.66. The van der Waals surface area contributed by atoms with Gasteiger partial charge in [0.25, 0.3) is 5.91 Å². The Morgan fingerprint density at radius 2 is 1.85 bits per heavy atom. The molecule has 0 fully saturated rings. The van der Waals surface area contributed by atoms with E-state index in [1.165, 1.54) is 0 Å². The Hall–Kier alpha value is -2.79. The normalized spacial score (nSPS) is 10.2. The number of methoxy groups -OCH3 is 2. The highest BCUT2D eigenvalue weighted by molar-refractivity contribution is 5.77. The molecule has 0 heterocycles. The highest BCUT2D eigenvalue weighted by atomic mass is 16.5. The van der Waals surface area contributed by atoms with Crippen molar-refractivity contribution in [2.24, 2.45) is 0 Å². The van der Waals surface area contributed by atoms with Crippen molar-refractivity contribution in [3.8, 4) is 11.5 Å². The lowest BCUT2D eigenvalue weighted by Gasteiger charge is -2.12. The molecular weight excluding hydrogens is 330 g/mol. The van der Waals surface area contributed by atoms with E-state index in [-0.39, 0.29) is 12.5 Å². The largest absolute Gasteiger partial charge is 0.497 e. The molecule has 0 aliphatic heterocycles. The predicted molar refractivity (Wildman–Crippen MR) is 101 cm³/mol. The number of carbonyl (C=O) groups excluding carboxylic acids is 1. The van der Waals surface area contributed by atoms with E-state index in [2.05, 4.69) is 11.9 Å². The summed E-state index contributed by atoms with van der Waals surface area (Å²) in [6, 6.07) is 13.4. The summed E-state index contributed by atoms with van der Waals surface area (Å²) in [4.78, 5) is 12.1. The monoisotopic (exact) mass is 355 g/mol. The van der Waals surface area contributed by atoms with Gasteiger partial charge in [-0.15, -0.1) is 6.58 Å². The van der Waals surface area contributed by atoms with Crippen molar-refractivity contribution in [3.63, 3.8) is 0 Å². The summed E-state index contributed by atoms with van der Waals surface area (Å²) >= 11 is 0. The molecule has 26 heavy (non-hydrogen) atoms. The molecule has 0 spiro atoms. The molecule has 138 valence electrons. The zero-order valence-corrected chi connectivity index (χ0v) is 15.3. The molecule has 1 amide bonds. The molecule has 0 unspecified atom stereocenters. The Morgan fingerprint density at radius 3 is 2.50 bits per heavy atom. The van der Waals surface area contributed by atoms with Gasteiger partial charge in [-0.1, -0.05) is 24.3 Å². The van der Waals surface area contributed by atoms with Crippen LogP contribution in [-0.4, -0.2) is 26.7 Å². The van der Waals surface area contributed by atoms with Crippen molar-refractivity contribution < 1.29 is 19.0 Å². The third-order valence-electron chi connectivity index (χ3n) is 3.81. The molecule has 2 rings (SSSR count). The summed E-state index contributed by atoms with van der Waals surface area (Å²) in [6.07, 6.45) is 2.48. The Balaban J connectivity index is 1.88. The van der Waals surface area contributed by atoms with Crippen molar-refractivity contribution in [2.75, 3.05) is 20.8 Å². The van der Waals surface area contributed by atoms with E-state index in [0.29, 0.717) is 25.3 Å². The summed E-state index contributed by atoms with van der Waals surface area (Å²) in [7, 11) is 3.28. The zero-order chi connectivity index (χ0) is 18.8. The maximum Gasteiger partial charge on any atom is 0.258 e. The lowest BCUT2D eigenvalue weighted by atomic mass is 10.1. The number of hydrogen-bond donors (Lipinski definition) is 1. The molecule has 0 saturated carbocycles. The molecule has 0 aliphatic carbocycles. The minimum atomic E-state index is -0.175. The van der Waals surface area contributed by atoms with Crippen LogP contribution < -0.4 is 14.8 Å². The van der Waals surface area contributed by atoms with Crippen LogP contribution in [-0.2, 0) is 29.1 Å². The van der Waals surface area contributed by atoms with Crippen LogP contribution in [0.2, 0.25) is 0 Å². The van der Waals surface area contributed by atoms with Crippen LogP contribution in [0.4, 0.5) is 0 Å². The van der Waals surface area contributed by atoms with Crippen LogP contribution in [0, 0.1) is 0 Å². The standard InChI is InChI=1S/C21H25NO4/c1-4-5-18-12-17(14-24-2)8-11-20(18)26-15-21(23)22-13-16-6-9-19(25-3)10-7-16/h4,6-12H,1,5,13-15H2,2-3H3,(H,22,23). The van der Waals surface area contributed by atoms with Crippen molar-refractivity contribution in [1.82, 2.24) is 5.32 Å². The van der Waals surface area contributed by atoms with Gasteiger partial charge >= 0.3 is 0 Å². The maximum absolute atomic E-state index is 12.1. The van der Waals surface area contributed by atoms with E-state index >= 15 is 0 Å². The van der Waals surface area contributed by atoms with Gasteiger partial charge in [-0.2, -0.15) is 0 Å². The van der Waals surface area contributed by atoms with E-state index in [0.717, 1.165) is 22.4 Å². The lowest BCUT2D eigenvalue weighted by Crippen LogP contribution is -2.28. The van der Waals surface area contributed by atoms with Crippen molar-refractivity contribution >= 4 is 5.91 Å². The molecule has 0 aliphatic rings. The van der Waals surface area contributed by atoms with Crippen molar-refractivity contribution in [2.45, 2.75) is 19.6 Å². The molecular formula is C21H25NO4. The van der Waals surface area contributed by atoms with Gasteiger partial charge in [0, 0.05) is 13.7 Å². The molecule has 0 aromatic heterocycles. The Bertz CT molecular complexity index is 725. The first kappa shape index (κ1) is 19.5. The minimum absolute atomic E-state index is 0.0378. The number of amides is 1. The number of carbonyl (C=O) groups is 1. The zero-order valence-electron chi connectivity index (χ0n) is 15.3. The van der Waals surface area contributed by atoms with Crippen molar-refractivity contribution in [3.05, 3.63) is 71.8 Å². The lowest BCUT2D eigenvalue weighted by molar-refractivity contribution is -0.123. The quantitative estimate of drug-likeness (QED) is 0.665. The van der Waals surface area contributed by atoms with Gasteiger partial charge in [-0.05, 0) is 47.4 Å². The first-order chi connectivity index (χ1) is 12.7. The van der Waals surface area contributed by atoms with E-state index in [1.54, 1.807) is 14.2 Å². The highest BCUT2D eigenvalue weighted by Gasteiger charge is 2.08. The highest BCUT2D eigenvalue weighted by Crippen LogP contribution is 2.21. The fourth-order valence-electron chi connectivity index (χ4n) is 2.48. The summed E-state index contributed by atoms with van der Waals surface area (Å²) in [5.74, 6) is 1.30. The van der Waals surface area contributed by atoms with Gasteiger partial charge < -0.3 is 19.5 Å². The molecule has 2 aromatic rings. The number of ether oxygens (including phenoxy) is 3. The van der Waals surface area contributed by atoms with Gasteiger partial charge in [-0.3, -0.25) is 4.79 Å². The van der Waals surface area contributed by atoms with E-state index in [1.807, 2.05) is 48.5 Å². The molecule has 2 aromatic carbocycles.